The van der Waals surface area contributed by atoms with Crippen LogP contribution in [0.2, 0.25) is 5.02 Å². The van der Waals surface area contributed by atoms with Crippen molar-refractivity contribution in [1.82, 2.24) is 0 Å². The van der Waals surface area contributed by atoms with Gasteiger partial charge in [0.1, 0.15) is 0 Å². The molecule has 0 spiro atoms. The van der Waals surface area contributed by atoms with Gasteiger partial charge in [-0.25, -0.2) is 0 Å². The van der Waals surface area contributed by atoms with Gasteiger partial charge in [0.15, 0.2) is 0 Å². The summed E-state index contributed by atoms with van der Waals surface area (Å²) >= 11 is 5.92. The van der Waals surface area contributed by atoms with Crippen LogP contribution in [-0.4, -0.2) is 11.2 Å². The van der Waals surface area contributed by atoms with E-state index in [1.165, 1.54) is 0 Å². The Hall–Kier alpha value is -0.530. The minimum atomic E-state index is -0.289. The molecular weight excluding hydrogens is 232 g/mol. The summed E-state index contributed by atoms with van der Waals surface area (Å²) in [7, 11) is 0. The molecule has 17 heavy (non-hydrogen) atoms. The van der Waals surface area contributed by atoms with Crippen LogP contribution in [0, 0.1) is 11.3 Å². The van der Waals surface area contributed by atoms with Gasteiger partial charge in [0.05, 0.1) is 6.10 Å². The van der Waals surface area contributed by atoms with Crippen LogP contribution in [0.15, 0.2) is 24.3 Å². The lowest BCUT2D eigenvalue weighted by Gasteiger charge is -2.29. The minimum Gasteiger partial charge on any atom is -0.393 e. The normalized spacial score (nSPS) is 15.6. The van der Waals surface area contributed by atoms with Crippen molar-refractivity contribution in [1.29, 1.82) is 0 Å². The SMILES string of the molecule is CC(CC(O)Cc1cccc(Cl)c1)C(C)(C)C. The molecule has 0 saturated heterocycles. The molecule has 0 aliphatic rings. The second-order valence-electron chi connectivity index (χ2n) is 5.99. The molecule has 2 unspecified atom stereocenters. The maximum Gasteiger partial charge on any atom is 0.0583 e. The zero-order valence-electron chi connectivity index (χ0n) is 11.2. The van der Waals surface area contributed by atoms with Crippen LogP contribution in [0.4, 0.5) is 0 Å². The lowest BCUT2D eigenvalue weighted by atomic mass is 9.78. The average molecular weight is 255 g/mol. The molecule has 0 radical (unpaired) electrons. The van der Waals surface area contributed by atoms with Gasteiger partial charge in [0, 0.05) is 5.02 Å². The molecule has 2 atom stereocenters. The highest BCUT2D eigenvalue weighted by Crippen LogP contribution is 2.29. The molecule has 0 saturated carbocycles. The van der Waals surface area contributed by atoms with Crippen LogP contribution in [0.1, 0.15) is 39.7 Å². The molecule has 0 aromatic heterocycles. The summed E-state index contributed by atoms with van der Waals surface area (Å²) in [6, 6.07) is 7.72. The largest absolute Gasteiger partial charge is 0.393 e. The van der Waals surface area contributed by atoms with E-state index in [0.29, 0.717) is 12.3 Å². The molecule has 0 aliphatic carbocycles. The molecule has 0 bridgehead atoms. The van der Waals surface area contributed by atoms with Gasteiger partial charge in [0.25, 0.3) is 0 Å². The minimum absolute atomic E-state index is 0.245. The van der Waals surface area contributed by atoms with E-state index in [1.54, 1.807) is 0 Å². The Labute approximate surface area is 110 Å². The Kier molecular flexibility index (Phi) is 5.03. The topological polar surface area (TPSA) is 20.2 Å². The van der Waals surface area contributed by atoms with Gasteiger partial charge in [-0.15, -0.1) is 0 Å². The molecule has 1 aromatic rings. The molecule has 0 amide bonds. The number of halogens is 1. The van der Waals surface area contributed by atoms with Gasteiger partial charge >= 0.3 is 0 Å². The highest BCUT2D eigenvalue weighted by atomic mass is 35.5. The molecule has 0 fully saturated rings. The number of benzene rings is 1. The molecular formula is C15H23ClO. The van der Waals surface area contributed by atoms with Crippen molar-refractivity contribution in [3.8, 4) is 0 Å². The van der Waals surface area contributed by atoms with Crippen LogP contribution in [-0.2, 0) is 6.42 Å². The summed E-state index contributed by atoms with van der Waals surface area (Å²) in [6.45, 7) is 8.83. The van der Waals surface area contributed by atoms with E-state index < -0.39 is 0 Å². The van der Waals surface area contributed by atoms with Gasteiger partial charge in [-0.05, 0) is 41.9 Å². The van der Waals surface area contributed by atoms with E-state index in [-0.39, 0.29) is 11.5 Å². The number of rotatable bonds is 4. The summed E-state index contributed by atoms with van der Waals surface area (Å²) in [6.07, 6.45) is 1.22. The van der Waals surface area contributed by atoms with Crippen molar-refractivity contribution >= 4 is 11.6 Å². The Morgan fingerprint density at radius 2 is 1.94 bits per heavy atom. The van der Waals surface area contributed by atoms with Gasteiger partial charge in [-0.3, -0.25) is 0 Å². The van der Waals surface area contributed by atoms with Crippen LogP contribution in [0.25, 0.3) is 0 Å². The van der Waals surface area contributed by atoms with E-state index in [4.69, 9.17) is 11.6 Å². The van der Waals surface area contributed by atoms with E-state index in [1.807, 2.05) is 24.3 Å². The zero-order chi connectivity index (χ0) is 13.1. The molecule has 96 valence electrons. The number of aliphatic hydroxyl groups excluding tert-OH is 1. The molecule has 0 heterocycles. The maximum atomic E-state index is 10.1. The fraction of sp³-hybridized carbons (Fsp3) is 0.600. The third kappa shape index (κ3) is 5.10. The average Bonchev–Trinajstić information content (AvgIpc) is 2.15. The van der Waals surface area contributed by atoms with Gasteiger partial charge in [0.2, 0.25) is 0 Å². The van der Waals surface area contributed by atoms with E-state index in [2.05, 4.69) is 27.7 Å². The number of hydrogen-bond acceptors (Lipinski definition) is 1. The summed E-state index contributed by atoms with van der Waals surface area (Å²) in [5.74, 6) is 0.497. The Balaban J connectivity index is 2.53. The first-order valence-corrected chi connectivity index (χ1v) is 6.59. The predicted octanol–water partition coefficient (Wildman–Crippen LogP) is 4.32. The second-order valence-corrected chi connectivity index (χ2v) is 6.43. The summed E-state index contributed by atoms with van der Waals surface area (Å²) in [4.78, 5) is 0. The molecule has 1 nitrogen and oxygen atoms in total. The van der Waals surface area contributed by atoms with Crippen molar-refractivity contribution in [3.63, 3.8) is 0 Å². The van der Waals surface area contributed by atoms with Crippen LogP contribution < -0.4 is 0 Å². The molecule has 1 N–H and O–H groups in total. The van der Waals surface area contributed by atoms with E-state index >= 15 is 0 Å². The maximum absolute atomic E-state index is 10.1. The molecule has 1 aromatic carbocycles. The first kappa shape index (κ1) is 14.5. The lowest BCUT2D eigenvalue weighted by Crippen LogP contribution is -2.24. The highest BCUT2D eigenvalue weighted by molar-refractivity contribution is 6.30. The molecule has 2 heteroatoms. The first-order valence-electron chi connectivity index (χ1n) is 6.21. The fourth-order valence-corrected chi connectivity index (χ4v) is 1.99. The second kappa shape index (κ2) is 5.88. The van der Waals surface area contributed by atoms with Gasteiger partial charge in [-0.1, -0.05) is 51.4 Å². The predicted molar refractivity (Wildman–Crippen MR) is 74.4 cm³/mol. The Bertz CT molecular complexity index is 354. The van der Waals surface area contributed by atoms with Gasteiger partial charge < -0.3 is 5.11 Å². The number of aliphatic hydroxyl groups is 1. The third-order valence-electron chi connectivity index (χ3n) is 3.46. The van der Waals surface area contributed by atoms with Crippen molar-refractivity contribution in [2.24, 2.45) is 11.3 Å². The van der Waals surface area contributed by atoms with E-state index in [0.717, 1.165) is 17.0 Å². The number of hydrogen-bond donors (Lipinski definition) is 1. The van der Waals surface area contributed by atoms with Crippen molar-refractivity contribution in [3.05, 3.63) is 34.9 Å². The Morgan fingerprint density at radius 3 is 2.47 bits per heavy atom. The van der Waals surface area contributed by atoms with Crippen LogP contribution in [0.3, 0.4) is 0 Å². The summed E-state index contributed by atoms with van der Waals surface area (Å²) < 4.78 is 0. The van der Waals surface area contributed by atoms with Crippen LogP contribution >= 0.6 is 11.6 Å². The zero-order valence-corrected chi connectivity index (χ0v) is 12.0. The molecule has 1 rings (SSSR count). The first-order chi connectivity index (χ1) is 7.79. The van der Waals surface area contributed by atoms with Crippen LogP contribution in [0.5, 0.6) is 0 Å². The smallest absolute Gasteiger partial charge is 0.0583 e. The van der Waals surface area contributed by atoms with E-state index in [9.17, 15) is 5.11 Å². The highest BCUT2D eigenvalue weighted by Gasteiger charge is 2.22. The monoisotopic (exact) mass is 254 g/mol. The Morgan fingerprint density at radius 1 is 1.29 bits per heavy atom. The van der Waals surface area contributed by atoms with Crippen molar-refractivity contribution < 1.29 is 5.11 Å². The third-order valence-corrected chi connectivity index (χ3v) is 3.70. The molecule has 0 aliphatic heterocycles. The quantitative estimate of drug-likeness (QED) is 0.849. The summed E-state index contributed by atoms with van der Waals surface area (Å²) in [5.41, 5.74) is 1.35. The summed E-state index contributed by atoms with van der Waals surface area (Å²) in [5, 5.41) is 10.8. The lowest BCUT2D eigenvalue weighted by molar-refractivity contribution is 0.110. The van der Waals surface area contributed by atoms with Crippen molar-refractivity contribution in [2.75, 3.05) is 0 Å². The standard InChI is InChI=1S/C15H23ClO/c1-11(15(2,3)4)8-14(17)10-12-6-5-7-13(16)9-12/h5-7,9,11,14,17H,8,10H2,1-4H3. The van der Waals surface area contributed by atoms with Crippen molar-refractivity contribution in [2.45, 2.75) is 46.6 Å². The fourth-order valence-electron chi connectivity index (χ4n) is 1.78. The van der Waals surface area contributed by atoms with Gasteiger partial charge in [-0.2, -0.15) is 0 Å².